The van der Waals surface area contributed by atoms with E-state index < -0.39 is 36.9 Å². The van der Waals surface area contributed by atoms with Crippen molar-refractivity contribution in [2.24, 2.45) is 0 Å². The van der Waals surface area contributed by atoms with Crippen LogP contribution < -0.4 is 10.1 Å². The minimum Gasteiger partial charge on any atom is -0.461 e. The molecule has 2 N–H and O–H groups in total. The molecule has 0 spiro atoms. The van der Waals surface area contributed by atoms with Crippen molar-refractivity contribution in [3.05, 3.63) is 64.1 Å². The molecule has 0 radical (unpaired) electrons. The van der Waals surface area contributed by atoms with Crippen molar-refractivity contribution in [2.45, 2.75) is 43.9 Å². The highest BCUT2D eigenvalue weighted by atomic mass is 35.5. The highest BCUT2D eigenvalue weighted by Crippen LogP contribution is 2.36. The second-order valence-corrected chi connectivity index (χ2v) is 7.97. The van der Waals surface area contributed by atoms with Crippen LogP contribution in [0.4, 0.5) is 0 Å². The molecule has 0 aromatic heterocycles. The van der Waals surface area contributed by atoms with E-state index in [1.165, 1.54) is 13.0 Å². The van der Waals surface area contributed by atoms with Gasteiger partial charge < -0.3 is 29.4 Å². The predicted molar refractivity (Wildman–Crippen MR) is 109 cm³/mol. The Labute approximate surface area is 183 Å². The van der Waals surface area contributed by atoms with Crippen LogP contribution in [0.2, 0.25) is 10.0 Å². The van der Waals surface area contributed by atoms with Gasteiger partial charge in [-0.1, -0.05) is 53.5 Å². The number of carbonyl (C=O) groups excluding carboxylic acids is 1. The Bertz CT molecular complexity index is 898. The molecule has 0 aliphatic carbocycles. The lowest BCUT2D eigenvalue weighted by molar-refractivity contribution is -0.333. The van der Waals surface area contributed by atoms with Gasteiger partial charge in [-0.2, -0.15) is 0 Å². The molecule has 2 fully saturated rings. The molecule has 2 aromatic carbocycles. The minimum absolute atomic E-state index is 0.183. The van der Waals surface area contributed by atoms with Gasteiger partial charge in [-0.05, 0) is 18.2 Å². The molecule has 0 bridgehead atoms. The molecule has 0 saturated carbocycles. The summed E-state index contributed by atoms with van der Waals surface area (Å²) in [5.74, 6) is -0.0320. The van der Waals surface area contributed by atoms with Gasteiger partial charge in [0.25, 0.3) is 0 Å². The SMILES string of the molecule is CC(=O)N[C@H]1[C@H](Oc2ccc(Cl)cc2Cl)O[C@@H]2CO[C@H](c3ccccc3)O[C@H]2[C@@H]1O. The van der Waals surface area contributed by atoms with Crippen molar-refractivity contribution in [2.75, 3.05) is 6.61 Å². The number of benzene rings is 2. The zero-order chi connectivity index (χ0) is 21.3. The number of rotatable bonds is 4. The molecule has 2 aliphatic rings. The molecule has 9 heteroatoms. The third-order valence-corrected chi connectivity index (χ3v) is 5.47. The Balaban J connectivity index is 1.55. The lowest BCUT2D eigenvalue weighted by Crippen LogP contribution is -2.67. The molecule has 2 aromatic rings. The summed E-state index contributed by atoms with van der Waals surface area (Å²) in [6.45, 7) is 1.53. The van der Waals surface area contributed by atoms with Gasteiger partial charge in [0.1, 0.15) is 30.1 Å². The predicted octanol–water partition coefficient (Wildman–Crippen LogP) is 3.08. The van der Waals surface area contributed by atoms with Crippen LogP contribution in [0.1, 0.15) is 18.8 Å². The number of ether oxygens (including phenoxy) is 4. The highest BCUT2D eigenvalue weighted by molar-refractivity contribution is 6.35. The van der Waals surface area contributed by atoms with Gasteiger partial charge in [0.2, 0.25) is 12.2 Å². The van der Waals surface area contributed by atoms with E-state index in [1.54, 1.807) is 12.1 Å². The van der Waals surface area contributed by atoms with Crippen LogP contribution in [0.25, 0.3) is 0 Å². The number of fused-ring (bicyclic) bond motifs is 1. The number of aliphatic hydroxyl groups is 1. The van der Waals surface area contributed by atoms with Gasteiger partial charge in [0.15, 0.2) is 6.29 Å². The highest BCUT2D eigenvalue weighted by Gasteiger charge is 2.50. The molecule has 2 saturated heterocycles. The average Bonchev–Trinajstić information content (AvgIpc) is 2.73. The summed E-state index contributed by atoms with van der Waals surface area (Å²) in [6, 6.07) is 13.3. The topological polar surface area (TPSA) is 86.3 Å². The van der Waals surface area contributed by atoms with E-state index in [1.807, 2.05) is 30.3 Å². The first-order chi connectivity index (χ1) is 14.4. The fourth-order valence-corrected chi connectivity index (χ4v) is 4.01. The number of carbonyl (C=O) groups is 1. The molecule has 7 nitrogen and oxygen atoms in total. The Morgan fingerprint density at radius 1 is 1.17 bits per heavy atom. The van der Waals surface area contributed by atoms with Crippen LogP contribution in [-0.4, -0.2) is 48.3 Å². The standard InChI is InChI=1S/C21H21Cl2NO6/c1-11(25)24-17-18(26)19-16(10-27-20(30-19)12-5-3-2-4-6-12)29-21(17)28-15-8-7-13(22)9-14(15)23/h2-9,16-21,26H,10H2,1H3,(H,24,25)/t16-,17-,18-,19-,20+,21-/m1/s1. The van der Waals surface area contributed by atoms with Gasteiger partial charge in [-0.15, -0.1) is 0 Å². The normalized spacial score (nSPS) is 30.9. The zero-order valence-electron chi connectivity index (χ0n) is 16.0. The molecule has 1 amide bonds. The Morgan fingerprint density at radius 2 is 1.93 bits per heavy atom. The Kier molecular flexibility index (Phi) is 6.48. The summed E-state index contributed by atoms with van der Waals surface area (Å²) in [4.78, 5) is 11.8. The number of nitrogens with one attached hydrogen (secondary N) is 1. The second kappa shape index (κ2) is 9.09. The van der Waals surface area contributed by atoms with E-state index in [0.29, 0.717) is 10.8 Å². The first-order valence-electron chi connectivity index (χ1n) is 9.46. The van der Waals surface area contributed by atoms with E-state index in [2.05, 4.69) is 5.32 Å². The number of hydrogen-bond donors (Lipinski definition) is 2. The zero-order valence-corrected chi connectivity index (χ0v) is 17.5. The number of aliphatic hydroxyl groups excluding tert-OH is 1. The monoisotopic (exact) mass is 453 g/mol. The van der Waals surface area contributed by atoms with Crippen LogP contribution >= 0.6 is 23.2 Å². The van der Waals surface area contributed by atoms with Crippen molar-refractivity contribution in [1.29, 1.82) is 0 Å². The minimum atomic E-state index is -1.10. The molecule has 30 heavy (non-hydrogen) atoms. The van der Waals surface area contributed by atoms with Crippen molar-refractivity contribution in [3.8, 4) is 5.75 Å². The molecule has 6 atom stereocenters. The fraction of sp³-hybridized carbons (Fsp3) is 0.381. The lowest BCUT2D eigenvalue weighted by Gasteiger charge is -2.47. The summed E-state index contributed by atoms with van der Waals surface area (Å²) >= 11 is 12.1. The van der Waals surface area contributed by atoms with Crippen LogP contribution in [0.3, 0.4) is 0 Å². The molecule has 4 rings (SSSR count). The molecule has 0 unspecified atom stereocenters. The van der Waals surface area contributed by atoms with Crippen LogP contribution in [0.15, 0.2) is 48.5 Å². The summed E-state index contributed by atoms with van der Waals surface area (Å²) in [6.07, 6.45) is -4.07. The lowest BCUT2D eigenvalue weighted by atomic mass is 9.95. The van der Waals surface area contributed by atoms with E-state index in [-0.39, 0.29) is 17.5 Å². The molecule has 160 valence electrons. The van der Waals surface area contributed by atoms with Gasteiger partial charge in [-0.25, -0.2) is 0 Å². The van der Waals surface area contributed by atoms with E-state index in [4.69, 9.17) is 42.1 Å². The number of hydrogen-bond acceptors (Lipinski definition) is 6. The van der Waals surface area contributed by atoms with Gasteiger partial charge in [-0.3, -0.25) is 4.79 Å². The molecule has 2 heterocycles. The average molecular weight is 454 g/mol. The molecular formula is C21H21Cl2NO6. The fourth-order valence-electron chi connectivity index (χ4n) is 3.56. The van der Waals surface area contributed by atoms with E-state index in [9.17, 15) is 9.90 Å². The van der Waals surface area contributed by atoms with Crippen molar-refractivity contribution in [3.63, 3.8) is 0 Å². The third-order valence-electron chi connectivity index (χ3n) is 4.94. The first kappa shape index (κ1) is 21.4. The Morgan fingerprint density at radius 3 is 2.63 bits per heavy atom. The smallest absolute Gasteiger partial charge is 0.223 e. The quantitative estimate of drug-likeness (QED) is 0.739. The largest absolute Gasteiger partial charge is 0.461 e. The van der Waals surface area contributed by atoms with Crippen LogP contribution in [0.5, 0.6) is 5.75 Å². The molecular weight excluding hydrogens is 433 g/mol. The van der Waals surface area contributed by atoms with Gasteiger partial charge in [0.05, 0.1) is 11.6 Å². The first-order valence-corrected chi connectivity index (χ1v) is 10.2. The van der Waals surface area contributed by atoms with Crippen molar-refractivity contribution in [1.82, 2.24) is 5.32 Å². The number of amides is 1. The maximum atomic E-state index is 11.8. The van der Waals surface area contributed by atoms with E-state index in [0.717, 1.165) is 5.56 Å². The maximum Gasteiger partial charge on any atom is 0.223 e. The summed E-state index contributed by atoms with van der Waals surface area (Å²) in [5.41, 5.74) is 0.825. The van der Waals surface area contributed by atoms with Crippen molar-refractivity contribution >= 4 is 29.1 Å². The van der Waals surface area contributed by atoms with Gasteiger partial charge in [0, 0.05) is 17.5 Å². The van der Waals surface area contributed by atoms with E-state index >= 15 is 0 Å². The van der Waals surface area contributed by atoms with Crippen molar-refractivity contribution < 1.29 is 28.8 Å². The molecule has 2 aliphatic heterocycles. The van der Waals surface area contributed by atoms with Crippen LogP contribution in [-0.2, 0) is 19.0 Å². The maximum absolute atomic E-state index is 11.8. The van der Waals surface area contributed by atoms with Crippen LogP contribution in [0, 0.1) is 0 Å². The third kappa shape index (κ3) is 4.56. The number of halogens is 2. The second-order valence-electron chi connectivity index (χ2n) is 7.13. The summed E-state index contributed by atoms with van der Waals surface area (Å²) in [7, 11) is 0. The summed E-state index contributed by atoms with van der Waals surface area (Å²) < 4.78 is 23.7. The Hall–Kier alpha value is -1.87. The summed E-state index contributed by atoms with van der Waals surface area (Å²) in [5, 5.41) is 14.5. The van der Waals surface area contributed by atoms with Gasteiger partial charge >= 0.3 is 0 Å².